The van der Waals surface area contributed by atoms with Gasteiger partial charge in [-0.05, 0) is 68.6 Å². The molecule has 3 aromatic rings. The number of ketones is 1. The van der Waals surface area contributed by atoms with Crippen molar-refractivity contribution in [1.82, 2.24) is 4.90 Å². The van der Waals surface area contributed by atoms with Crippen LogP contribution in [0.3, 0.4) is 0 Å². The van der Waals surface area contributed by atoms with Gasteiger partial charge < -0.3 is 29.7 Å². The number of carboxylic acids is 2. The number of fused-ring (bicyclic) bond motifs is 1. The second kappa shape index (κ2) is 11.9. The summed E-state index contributed by atoms with van der Waals surface area (Å²) in [6, 6.07) is 16.9. The highest BCUT2D eigenvalue weighted by atomic mass is 16.4. The first-order valence-electron chi connectivity index (χ1n) is 11.8. The van der Waals surface area contributed by atoms with Crippen LogP contribution in [0.4, 0.5) is 0 Å². The lowest BCUT2D eigenvalue weighted by atomic mass is 10.0. The molecule has 1 saturated heterocycles. The molecule has 9 heteroatoms. The van der Waals surface area contributed by atoms with E-state index in [-0.39, 0.29) is 5.78 Å². The second-order valence-corrected chi connectivity index (χ2v) is 8.95. The summed E-state index contributed by atoms with van der Waals surface area (Å²) in [6.45, 7) is 6.19. The Morgan fingerprint density at radius 1 is 1.00 bits per heavy atom. The summed E-state index contributed by atoms with van der Waals surface area (Å²) in [5.41, 5.74) is 3.85. The maximum absolute atomic E-state index is 11.6. The number of nitrogens with zero attached hydrogens (tertiary/aromatic N) is 1. The largest absolute Gasteiger partial charge is 0.479 e. The summed E-state index contributed by atoms with van der Waals surface area (Å²) in [4.78, 5) is 33.7. The van der Waals surface area contributed by atoms with E-state index >= 15 is 0 Å². The van der Waals surface area contributed by atoms with Gasteiger partial charge in [-0.2, -0.15) is 0 Å². The van der Waals surface area contributed by atoms with Gasteiger partial charge in [-0.25, -0.2) is 9.59 Å². The number of carboxylic acid groups (broad SMARTS) is 2. The Kier molecular flexibility index (Phi) is 8.98. The molecule has 3 atom stereocenters. The Labute approximate surface area is 208 Å². The number of benzene rings is 2. The average molecular weight is 498 g/mol. The predicted octanol–water partition coefficient (Wildman–Crippen LogP) is 3.21. The summed E-state index contributed by atoms with van der Waals surface area (Å²) in [7, 11) is 0. The van der Waals surface area contributed by atoms with E-state index in [0.717, 1.165) is 46.4 Å². The predicted molar refractivity (Wildman–Crippen MR) is 133 cm³/mol. The van der Waals surface area contributed by atoms with Crippen molar-refractivity contribution in [3.05, 3.63) is 59.9 Å². The van der Waals surface area contributed by atoms with Crippen LogP contribution in [-0.4, -0.2) is 74.4 Å². The monoisotopic (exact) mass is 497 g/mol. The van der Waals surface area contributed by atoms with Crippen molar-refractivity contribution in [2.24, 2.45) is 0 Å². The molecule has 0 aliphatic carbocycles. The number of rotatable bonds is 8. The van der Waals surface area contributed by atoms with Gasteiger partial charge in [0.25, 0.3) is 0 Å². The number of aliphatic carboxylic acids is 2. The van der Waals surface area contributed by atoms with Gasteiger partial charge in [0, 0.05) is 30.0 Å². The van der Waals surface area contributed by atoms with Crippen molar-refractivity contribution < 1.29 is 39.2 Å². The van der Waals surface area contributed by atoms with Gasteiger partial charge in [0.15, 0.2) is 18.0 Å². The zero-order valence-electron chi connectivity index (χ0n) is 20.3. The Hall–Kier alpha value is -3.53. The molecule has 0 saturated carbocycles. The Balaban J connectivity index is 0.000000308. The third kappa shape index (κ3) is 6.78. The van der Waals surface area contributed by atoms with Gasteiger partial charge in [-0.1, -0.05) is 24.3 Å². The first-order chi connectivity index (χ1) is 17.1. The number of likely N-dealkylation sites (tertiary alicyclic amines) is 1. The molecule has 4 N–H and O–H groups in total. The lowest BCUT2D eigenvalue weighted by Crippen LogP contribution is -2.39. The third-order valence-electron chi connectivity index (χ3n) is 6.31. The van der Waals surface area contributed by atoms with Gasteiger partial charge in [0.2, 0.25) is 0 Å². The van der Waals surface area contributed by atoms with Gasteiger partial charge >= 0.3 is 11.9 Å². The van der Waals surface area contributed by atoms with Crippen LogP contribution in [0.2, 0.25) is 0 Å². The molecule has 1 aliphatic rings. The number of carbonyl (C=O) groups is 3. The maximum Gasteiger partial charge on any atom is 0.335 e. The van der Waals surface area contributed by atoms with E-state index in [1.54, 1.807) is 6.92 Å². The van der Waals surface area contributed by atoms with Crippen LogP contribution >= 0.6 is 0 Å². The van der Waals surface area contributed by atoms with Crippen molar-refractivity contribution in [1.29, 1.82) is 0 Å². The van der Waals surface area contributed by atoms with Gasteiger partial charge in [0.05, 0.1) is 0 Å². The van der Waals surface area contributed by atoms with Crippen LogP contribution < -0.4 is 0 Å². The first kappa shape index (κ1) is 27.1. The van der Waals surface area contributed by atoms with Crippen LogP contribution in [0.25, 0.3) is 22.1 Å². The fourth-order valence-electron chi connectivity index (χ4n) is 4.17. The number of carbonyl (C=O) groups excluding carboxylic acids is 1. The van der Waals surface area contributed by atoms with E-state index in [0.29, 0.717) is 6.04 Å². The van der Waals surface area contributed by atoms with Crippen molar-refractivity contribution >= 4 is 28.7 Å². The molecule has 2 aromatic carbocycles. The van der Waals surface area contributed by atoms with Crippen LogP contribution in [0.1, 0.15) is 42.8 Å². The Bertz CT molecular complexity index is 1220. The van der Waals surface area contributed by atoms with Gasteiger partial charge in [0.1, 0.15) is 11.3 Å². The van der Waals surface area contributed by atoms with E-state index in [2.05, 4.69) is 30.0 Å². The number of hydrogen-bond acceptors (Lipinski definition) is 7. The number of aliphatic hydroxyl groups is 2. The molecular formula is C27H31NO8. The zero-order valence-corrected chi connectivity index (χ0v) is 20.3. The van der Waals surface area contributed by atoms with E-state index in [4.69, 9.17) is 24.8 Å². The molecule has 4 rings (SSSR count). The molecule has 0 bridgehead atoms. The molecule has 0 unspecified atom stereocenters. The smallest absolute Gasteiger partial charge is 0.335 e. The number of hydrogen-bond donors (Lipinski definition) is 4. The first-order valence-corrected chi connectivity index (χ1v) is 11.8. The van der Waals surface area contributed by atoms with Crippen molar-refractivity contribution in [3.8, 4) is 11.1 Å². The normalized spacial score (nSPS) is 17.3. The molecule has 1 aliphatic heterocycles. The standard InChI is InChI=1S/C23H25NO2.C4H6O6/c1-16-5-4-11-24(16)12-10-22-15-21-14-20(8-9-23(21)26-22)19-7-3-6-18(13-19)17(2)25;5-1(3(7)8)2(6)4(9)10/h3,6-9,13-16H,4-5,10-12H2,1-2H3;1-2,5-6H,(H,7,8)(H,9,10)/t16-;1-,2-/m11/s1. The lowest BCUT2D eigenvalue weighted by Gasteiger charge is -2.19. The molecule has 0 spiro atoms. The number of furan rings is 1. The summed E-state index contributed by atoms with van der Waals surface area (Å²) >= 11 is 0. The molecule has 36 heavy (non-hydrogen) atoms. The van der Waals surface area contributed by atoms with Crippen molar-refractivity contribution in [2.75, 3.05) is 13.1 Å². The summed E-state index contributed by atoms with van der Waals surface area (Å²) in [5.74, 6) is -2.40. The lowest BCUT2D eigenvalue weighted by molar-refractivity contribution is -0.165. The highest BCUT2D eigenvalue weighted by Gasteiger charge is 2.29. The highest BCUT2D eigenvalue weighted by molar-refractivity contribution is 5.95. The molecule has 2 heterocycles. The van der Waals surface area contributed by atoms with Crippen LogP contribution in [0.5, 0.6) is 0 Å². The van der Waals surface area contributed by atoms with Crippen molar-refractivity contribution in [2.45, 2.75) is 51.4 Å². The second-order valence-electron chi connectivity index (χ2n) is 8.95. The minimum atomic E-state index is -2.27. The fourth-order valence-corrected chi connectivity index (χ4v) is 4.17. The fraction of sp³-hybridized carbons (Fsp3) is 0.370. The molecule has 1 fully saturated rings. The summed E-state index contributed by atoms with van der Waals surface area (Å²) in [5, 5.41) is 33.7. The van der Waals surface area contributed by atoms with Crippen LogP contribution in [-0.2, 0) is 16.0 Å². The Morgan fingerprint density at radius 3 is 2.25 bits per heavy atom. The van der Waals surface area contributed by atoms with Gasteiger partial charge in [-0.3, -0.25) is 4.79 Å². The quantitative estimate of drug-likeness (QED) is 0.344. The molecule has 0 radical (unpaired) electrons. The van der Waals surface area contributed by atoms with Crippen LogP contribution in [0.15, 0.2) is 52.9 Å². The number of aliphatic hydroxyl groups excluding tert-OH is 2. The maximum atomic E-state index is 11.6. The molecule has 0 amide bonds. The summed E-state index contributed by atoms with van der Waals surface area (Å²) < 4.78 is 6.04. The van der Waals surface area contributed by atoms with Crippen molar-refractivity contribution in [3.63, 3.8) is 0 Å². The van der Waals surface area contributed by atoms with Gasteiger partial charge in [-0.15, -0.1) is 0 Å². The van der Waals surface area contributed by atoms with E-state index in [1.165, 1.54) is 19.4 Å². The molecule has 192 valence electrons. The topological polar surface area (TPSA) is 149 Å². The minimum Gasteiger partial charge on any atom is -0.479 e. The average Bonchev–Trinajstić information content (AvgIpc) is 3.46. The molecule has 1 aromatic heterocycles. The molecule has 9 nitrogen and oxygen atoms in total. The summed E-state index contributed by atoms with van der Waals surface area (Å²) in [6.07, 6.45) is -0.962. The van der Waals surface area contributed by atoms with Crippen LogP contribution in [0, 0.1) is 0 Å². The van der Waals surface area contributed by atoms with E-state index < -0.39 is 24.1 Å². The zero-order chi connectivity index (χ0) is 26.4. The SMILES string of the molecule is CC(=O)c1cccc(-c2ccc3oc(CCN4CCC[C@H]4C)cc3c2)c1.O=C(O)[C@H](O)[C@@H](O)C(=O)O. The minimum absolute atomic E-state index is 0.0923. The number of Topliss-reactive ketones (excluding diaryl/α,β-unsaturated/α-hetero) is 1. The Morgan fingerprint density at radius 2 is 1.67 bits per heavy atom. The molecular weight excluding hydrogens is 466 g/mol. The van der Waals surface area contributed by atoms with E-state index in [9.17, 15) is 14.4 Å². The highest BCUT2D eigenvalue weighted by Crippen LogP contribution is 2.28. The third-order valence-corrected chi connectivity index (χ3v) is 6.31. The van der Waals surface area contributed by atoms with E-state index in [1.807, 2.05) is 30.3 Å².